The minimum absolute atomic E-state index is 0.673. The Morgan fingerprint density at radius 2 is 1.64 bits per heavy atom. The van der Waals surface area contributed by atoms with Gasteiger partial charge in [-0.1, -0.05) is 5.92 Å². The van der Waals surface area contributed by atoms with Crippen LogP contribution in [0.5, 0.6) is 0 Å². The van der Waals surface area contributed by atoms with Crippen LogP contribution in [-0.4, -0.2) is 0 Å². The van der Waals surface area contributed by atoms with Crippen LogP contribution in [0.15, 0.2) is 24.3 Å². The van der Waals surface area contributed by atoms with Crippen LogP contribution >= 0.6 is 0 Å². The smallest absolute Gasteiger partial charge is 0.0991 e. The zero-order valence-electron chi connectivity index (χ0n) is 6.26. The predicted molar refractivity (Wildman–Crippen MR) is 43.7 cm³/mol. The van der Waals surface area contributed by atoms with Gasteiger partial charge in [-0.15, -0.1) is 5.92 Å². The summed E-state index contributed by atoms with van der Waals surface area (Å²) in [6, 6.07) is 9.26. The molecule has 0 heterocycles. The van der Waals surface area contributed by atoms with Gasteiger partial charge in [0.2, 0.25) is 0 Å². The largest absolute Gasteiger partial charge is 0.192 e. The number of nitriles is 1. The van der Waals surface area contributed by atoms with Gasteiger partial charge in [-0.2, -0.15) is 5.26 Å². The Bertz CT molecular complexity index is 330. The van der Waals surface area contributed by atoms with Crippen LogP contribution in [0.1, 0.15) is 18.1 Å². The molecule has 52 valence electrons. The summed E-state index contributed by atoms with van der Waals surface area (Å²) in [5.74, 6) is 5.69. The first-order valence-corrected chi connectivity index (χ1v) is 3.29. The molecule has 0 aromatic heterocycles. The third-order valence-electron chi connectivity index (χ3n) is 1.28. The molecule has 1 aromatic carbocycles. The molecule has 0 radical (unpaired) electrons. The van der Waals surface area contributed by atoms with Crippen molar-refractivity contribution in [3.8, 4) is 17.9 Å². The summed E-state index contributed by atoms with van der Waals surface area (Å²) in [5.41, 5.74) is 1.62. The first kappa shape index (κ1) is 7.38. The van der Waals surface area contributed by atoms with E-state index in [4.69, 9.17) is 5.26 Å². The molecule has 11 heavy (non-hydrogen) atoms. The maximum Gasteiger partial charge on any atom is 0.0991 e. The third-order valence-corrected chi connectivity index (χ3v) is 1.28. The lowest BCUT2D eigenvalue weighted by atomic mass is 10.1. The van der Waals surface area contributed by atoms with Crippen molar-refractivity contribution in [2.45, 2.75) is 6.92 Å². The number of nitrogens with zero attached hydrogens (tertiary/aromatic N) is 1. The van der Waals surface area contributed by atoms with E-state index in [-0.39, 0.29) is 0 Å². The van der Waals surface area contributed by atoms with E-state index in [1.54, 1.807) is 19.1 Å². The molecule has 0 spiro atoms. The average Bonchev–Trinajstić information content (AvgIpc) is 2.07. The molecule has 0 aliphatic rings. The Kier molecular flexibility index (Phi) is 2.31. The lowest BCUT2D eigenvalue weighted by Gasteiger charge is -1.88. The molecule has 0 N–H and O–H groups in total. The van der Waals surface area contributed by atoms with E-state index in [0.717, 1.165) is 5.56 Å². The fourth-order valence-corrected chi connectivity index (χ4v) is 0.772. The zero-order valence-corrected chi connectivity index (χ0v) is 6.26. The second-order valence-electron chi connectivity index (χ2n) is 2.06. The van der Waals surface area contributed by atoms with Gasteiger partial charge in [0, 0.05) is 5.56 Å². The van der Waals surface area contributed by atoms with Crippen LogP contribution in [-0.2, 0) is 0 Å². The first-order chi connectivity index (χ1) is 5.36. The fraction of sp³-hybridized carbons (Fsp3) is 0.100. The average molecular weight is 141 g/mol. The Morgan fingerprint density at radius 3 is 2.09 bits per heavy atom. The van der Waals surface area contributed by atoms with Gasteiger partial charge in [-0.25, -0.2) is 0 Å². The monoisotopic (exact) mass is 141 g/mol. The van der Waals surface area contributed by atoms with Gasteiger partial charge in [-0.05, 0) is 31.2 Å². The molecule has 0 saturated heterocycles. The van der Waals surface area contributed by atoms with E-state index in [0.29, 0.717) is 5.56 Å². The molecule has 0 unspecified atom stereocenters. The summed E-state index contributed by atoms with van der Waals surface area (Å²) in [6.45, 7) is 1.79. The summed E-state index contributed by atoms with van der Waals surface area (Å²) in [4.78, 5) is 0. The summed E-state index contributed by atoms with van der Waals surface area (Å²) in [7, 11) is 0. The van der Waals surface area contributed by atoms with Crippen molar-refractivity contribution < 1.29 is 0 Å². The standard InChI is InChI=1S/C10H7N/c1-2-3-9-4-6-10(8-11)7-5-9/h4-7H,1H3. The first-order valence-electron chi connectivity index (χ1n) is 3.29. The minimum atomic E-state index is 0.673. The molecule has 0 bridgehead atoms. The summed E-state index contributed by atoms with van der Waals surface area (Å²) < 4.78 is 0. The van der Waals surface area contributed by atoms with Crippen molar-refractivity contribution in [2.75, 3.05) is 0 Å². The zero-order chi connectivity index (χ0) is 8.10. The van der Waals surface area contributed by atoms with Crippen LogP contribution in [0.3, 0.4) is 0 Å². The molecular formula is C10H7N. The van der Waals surface area contributed by atoms with Crippen molar-refractivity contribution in [3.63, 3.8) is 0 Å². The highest BCUT2D eigenvalue weighted by molar-refractivity contribution is 5.39. The molecule has 1 heteroatoms. The maximum absolute atomic E-state index is 8.47. The normalized spacial score (nSPS) is 7.64. The van der Waals surface area contributed by atoms with E-state index in [9.17, 15) is 0 Å². The van der Waals surface area contributed by atoms with Gasteiger partial charge in [0.05, 0.1) is 11.6 Å². The quantitative estimate of drug-likeness (QED) is 0.506. The molecule has 0 aliphatic carbocycles. The predicted octanol–water partition coefficient (Wildman–Crippen LogP) is 1.93. The second kappa shape index (κ2) is 3.44. The van der Waals surface area contributed by atoms with Crippen LogP contribution < -0.4 is 0 Å². The van der Waals surface area contributed by atoms with E-state index < -0.39 is 0 Å². The van der Waals surface area contributed by atoms with Crippen molar-refractivity contribution >= 4 is 0 Å². The van der Waals surface area contributed by atoms with Crippen molar-refractivity contribution in [3.05, 3.63) is 35.4 Å². The van der Waals surface area contributed by atoms with Gasteiger partial charge in [0.25, 0.3) is 0 Å². The fourth-order valence-electron chi connectivity index (χ4n) is 0.772. The number of rotatable bonds is 0. The van der Waals surface area contributed by atoms with E-state index in [1.165, 1.54) is 0 Å². The molecule has 0 atom stereocenters. The SMILES string of the molecule is CC#Cc1ccc(C#N)cc1. The lowest BCUT2D eigenvalue weighted by molar-refractivity contribution is 1.48. The van der Waals surface area contributed by atoms with Crippen LogP contribution in [0, 0.1) is 23.2 Å². The highest BCUT2D eigenvalue weighted by Gasteiger charge is 1.87. The Morgan fingerprint density at radius 1 is 1.09 bits per heavy atom. The van der Waals surface area contributed by atoms with E-state index in [1.807, 2.05) is 18.2 Å². The molecular weight excluding hydrogens is 134 g/mol. The summed E-state index contributed by atoms with van der Waals surface area (Å²) in [6.07, 6.45) is 0. The van der Waals surface area contributed by atoms with Gasteiger partial charge in [0.1, 0.15) is 0 Å². The van der Waals surface area contributed by atoms with Crippen LogP contribution in [0.2, 0.25) is 0 Å². The topological polar surface area (TPSA) is 23.8 Å². The Hall–Kier alpha value is -1.73. The van der Waals surface area contributed by atoms with Gasteiger partial charge >= 0.3 is 0 Å². The van der Waals surface area contributed by atoms with Crippen LogP contribution in [0.25, 0.3) is 0 Å². The molecule has 0 amide bonds. The maximum atomic E-state index is 8.47. The second-order valence-corrected chi connectivity index (χ2v) is 2.06. The number of hydrogen-bond donors (Lipinski definition) is 0. The molecule has 1 nitrogen and oxygen atoms in total. The number of benzene rings is 1. The van der Waals surface area contributed by atoms with Crippen molar-refractivity contribution in [2.24, 2.45) is 0 Å². The van der Waals surface area contributed by atoms with Crippen molar-refractivity contribution in [1.82, 2.24) is 0 Å². The molecule has 0 aliphatic heterocycles. The lowest BCUT2D eigenvalue weighted by Crippen LogP contribution is -1.75. The minimum Gasteiger partial charge on any atom is -0.192 e. The molecule has 0 fully saturated rings. The molecule has 0 saturated carbocycles. The van der Waals surface area contributed by atoms with Gasteiger partial charge < -0.3 is 0 Å². The highest BCUT2D eigenvalue weighted by Crippen LogP contribution is 2.00. The van der Waals surface area contributed by atoms with E-state index in [2.05, 4.69) is 11.8 Å². The summed E-state index contributed by atoms with van der Waals surface area (Å²) in [5, 5.41) is 8.47. The highest BCUT2D eigenvalue weighted by atomic mass is 14.2. The summed E-state index contributed by atoms with van der Waals surface area (Å²) >= 11 is 0. The number of hydrogen-bond acceptors (Lipinski definition) is 1. The van der Waals surface area contributed by atoms with Gasteiger partial charge in [-0.3, -0.25) is 0 Å². The molecule has 1 aromatic rings. The van der Waals surface area contributed by atoms with Gasteiger partial charge in [0.15, 0.2) is 0 Å². The Balaban J connectivity index is 3.00. The van der Waals surface area contributed by atoms with E-state index >= 15 is 0 Å². The molecule has 1 rings (SSSR count). The Labute approximate surface area is 66.3 Å². The third kappa shape index (κ3) is 1.85. The van der Waals surface area contributed by atoms with Crippen LogP contribution in [0.4, 0.5) is 0 Å². The van der Waals surface area contributed by atoms with Crippen molar-refractivity contribution in [1.29, 1.82) is 5.26 Å².